The molecule has 4 heterocycles. The number of nitrogens with one attached hydrogen (secondary N) is 3. The molecule has 36 heavy (non-hydrogen) atoms. The van der Waals surface area contributed by atoms with Crippen molar-refractivity contribution < 1.29 is 19.4 Å². The fourth-order valence-electron chi connectivity index (χ4n) is 4.14. The quantitative estimate of drug-likeness (QED) is 0.279. The number of carbonyl (C=O) groups is 2. The topological polar surface area (TPSA) is 142 Å². The summed E-state index contributed by atoms with van der Waals surface area (Å²) in [5, 5.41) is 16.1. The predicted molar refractivity (Wildman–Crippen MR) is 134 cm³/mol. The Bertz CT molecular complexity index is 1400. The van der Waals surface area contributed by atoms with E-state index in [2.05, 4.69) is 30.6 Å². The number of ketones is 1. The van der Waals surface area contributed by atoms with Crippen LogP contribution in [0.15, 0.2) is 55.2 Å². The van der Waals surface area contributed by atoms with Crippen molar-refractivity contribution in [3.8, 4) is 0 Å². The number of aromatic nitrogens is 4. The summed E-state index contributed by atoms with van der Waals surface area (Å²) < 4.78 is 5.65. The Labute approximate surface area is 211 Å². The zero-order valence-corrected chi connectivity index (χ0v) is 19.8. The first kappa shape index (κ1) is 23.9. The highest BCUT2D eigenvalue weighted by atomic mass is 35.5. The third kappa shape index (κ3) is 4.92. The number of hydrogen-bond acceptors (Lipinski definition) is 8. The van der Waals surface area contributed by atoms with Crippen LogP contribution in [-0.4, -0.2) is 62.1 Å². The van der Waals surface area contributed by atoms with E-state index in [9.17, 15) is 14.7 Å². The van der Waals surface area contributed by atoms with Gasteiger partial charge in [-0.15, -0.1) is 0 Å². The SMILES string of the molecule is O=C(Nc1ccc(C(=O)c2c[nH]c3ncnc(N[C@H]4CC[C@H](CO)OC4)c23)c(Cl)c1)c1ccncc1. The average molecular weight is 507 g/mol. The number of rotatable bonds is 7. The maximum Gasteiger partial charge on any atom is 0.255 e. The summed E-state index contributed by atoms with van der Waals surface area (Å²) in [7, 11) is 0. The van der Waals surface area contributed by atoms with Gasteiger partial charge >= 0.3 is 0 Å². The van der Waals surface area contributed by atoms with Crippen molar-refractivity contribution in [2.45, 2.75) is 25.0 Å². The van der Waals surface area contributed by atoms with Gasteiger partial charge in [0.2, 0.25) is 0 Å². The molecule has 1 saturated heterocycles. The van der Waals surface area contributed by atoms with Gasteiger partial charge in [0.1, 0.15) is 17.8 Å². The van der Waals surface area contributed by atoms with Crippen molar-refractivity contribution >= 4 is 45.8 Å². The van der Waals surface area contributed by atoms with Gasteiger partial charge in [0.05, 0.1) is 41.3 Å². The highest BCUT2D eigenvalue weighted by Gasteiger charge is 2.25. The van der Waals surface area contributed by atoms with Gasteiger partial charge in [-0.3, -0.25) is 14.6 Å². The Hall–Kier alpha value is -3.86. The van der Waals surface area contributed by atoms with Gasteiger partial charge in [0, 0.05) is 35.4 Å². The highest BCUT2D eigenvalue weighted by molar-refractivity contribution is 6.36. The zero-order chi connectivity index (χ0) is 25.1. The molecule has 0 unspecified atom stereocenters. The predicted octanol–water partition coefficient (Wildman–Crippen LogP) is 3.44. The fourth-order valence-corrected chi connectivity index (χ4v) is 4.40. The van der Waals surface area contributed by atoms with Gasteiger partial charge in [0.15, 0.2) is 5.78 Å². The zero-order valence-electron chi connectivity index (χ0n) is 19.1. The van der Waals surface area contributed by atoms with Crippen molar-refractivity contribution in [3.63, 3.8) is 0 Å². The van der Waals surface area contributed by atoms with Crippen LogP contribution in [0.3, 0.4) is 0 Å². The normalized spacial score (nSPS) is 17.6. The molecule has 0 aliphatic carbocycles. The summed E-state index contributed by atoms with van der Waals surface area (Å²) in [6, 6.07) is 7.92. The number of amides is 1. The van der Waals surface area contributed by atoms with Crippen molar-refractivity contribution in [2.75, 3.05) is 23.8 Å². The lowest BCUT2D eigenvalue weighted by atomic mass is 10.0. The molecule has 3 aromatic heterocycles. The fraction of sp³-hybridized carbons (Fsp3) is 0.240. The van der Waals surface area contributed by atoms with Crippen LogP contribution in [0, 0.1) is 0 Å². The van der Waals surface area contributed by atoms with E-state index in [0.29, 0.717) is 40.3 Å². The molecule has 1 aromatic carbocycles. The number of aromatic amines is 1. The number of benzene rings is 1. The molecule has 10 nitrogen and oxygen atoms in total. The second-order valence-corrected chi connectivity index (χ2v) is 8.83. The first-order valence-corrected chi connectivity index (χ1v) is 11.8. The van der Waals surface area contributed by atoms with Gasteiger partial charge < -0.3 is 25.5 Å². The van der Waals surface area contributed by atoms with Crippen LogP contribution in [0.1, 0.15) is 39.1 Å². The Morgan fingerprint density at radius 1 is 1.14 bits per heavy atom. The lowest BCUT2D eigenvalue weighted by molar-refractivity contribution is -0.0224. The summed E-state index contributed by atoms with van der Waals surface area (Å²) in [4.78, 5) is 41.4. The van der Waals surface area contributed by atoms with Crippen LogP contribution < -0.4 is 10.6 Å². The number of fused-ring (bicyclic) bond motifs is 1. The van der Waals surface area contributed by atoms with Gasteiger partial charge in [-0.25, -0.2) is 9.97 Å². The molecule has 1 aliphatic rings. The van der Waals surface area contributed by atoms with Crippen molar-refractivity contribution in [2.24, 2.45) is 0 Å². The number of ether oxygens (including phenoxy) is 1. The standard InChI is InChI=1S/C25H23ClN6O4/c26-20-9-15(32-25(35)14-5-7-27-8-6-14)2-4-18(20)22(34)19-10-28-23-21(19)24(30-13-29-23)31-16-1-3-17(11-33)36-12-16/h2,4-10,13,16-17,33H,1,3,11-12H2,(H,32,35)(H2,28,29,30,31)/t16-,17+/m0/s1. The van der Waals surface area contributed by atoms with E-state index in [-0.39, 0.29) is 41.0 Å². The second-order valence-electron chi connectivity index (χ2n) is 8.42. The van der Waals surface area contributed by atoms with E-state index in [1.807, 2.05) is 0 Å². The van der Waals surface area contributed by atoms with Crippen LogP contribution in [0.4, 0.5) is 11.5 Å². The number of aliphatic hydroxyl groups is 1. The second kappa shape index (κ2) is 10.4. The molecule has 0 radical (unpaired) electrons. The molecule has 184 valence electrons. The van der Waals surface area contributed by atoms with Crippen LogP contribution in [-0.2, 0) is 4.74 Å². The molecule has 4 N–H and O–H groups in total. The Kier molecular flexibility index (Phi) is 6.90. The number of pyridine rings is 1. The van der Waals surface area contributed by atoms with Crippen LogP contribution in [0.25, 0.3) is 11.0 Å². The Morgan fingerprint density at radius 3 is 2.69 bits per heavy atom. The maximum absolute atomic E-state index is 13.5. The van der Waals surface area contributed by atoms with Crippen molar-refractivity contribution in [1.29, 1.82) is 0 Å². The van der Waals surface area contributed by atoms with E-state index in [1.54, 1.807) is 30.5 Å². The minimum Gasteiger partial charge on any atom is -0.394 e. The molecule has 0 bridgehead atoms. The summed E-state index contributed by atoms with van der Waals surface area (Å²) >= 11 is 6.47. The van der Waals surface area contributed by atoms with Crippen LogP contribution >= 0.6 is 11.6 Å². The summed E-state index contributed by atoms with van der Waals surface area (Å²) in [5.74, 6) is -0.108. The van der Waals surface area contributed by atoms with E-state index >= 15 is 0 Å². The lowest BCUT2D eigenvalue weighted by Gasteiger charge is -2.29. The monoisotopic (exact) mass is 506 g/mol. The molecule has 0 saturated carbocycles. The summed E-state index contributed by atoms with van der Waals surface area (Å²) in [6.45, 7) is 0.414. The molecule has 1 amide bonds. The van der Waals surface area contributed by atoms with E-state index in [4.69, 9.17) is 16.3 Å². The van der Waals surface area contributed by atoms with Crippen LogP contribution in [0.5, 0.6) is 0 Å². The first-order chi connectivity index (χ1) is 17.5. The van der Waals surface area contributed by atoms with Gasteiger partial charge in [0.25, 0.3) is 5.91 Å². The number of aliphatic hydroxyl groups excluding tert-OH is 1. The smallest absolute Gasteiger partial charge is 0.255 e. The minimum atomic E-state index is -0.311. The van der Waals surface area contributed by atoms with Gasteiger partial charge in [-0.2, -0.15) is 0 Å². The van der Waals surface area contributed by atoms with Gasteiger partial charge in [-0.1, -0.05) is 11.6 Å². The molecular formula is C25H23ClN6O4. The number of nitrogens with zero attached hydrogens (tertiary/aromatic N) is 3. The molecule has 5 rings (SSSR count). The minimum absolute atomic E-state index is 0.00605. The number of H-pyrrole nitrogens is 1. The summed E-state index contributed by atoms with van der Waals surface area (Å²) in [6.07, 6.45) is 7.43. The first-order valence-electron chi connectivity index (χ1n) is 11.4. The van der Waals surface area contributed by atoms with Crippen LogP contribution in [0.2, 0.25) is 5.02 Å². The highest BCUT2D eigenvalue weighted by Crippen LogP contribution is 2.30. The van der Waals surface area contributed by atoms with E-state index in [0.717, 1.165) is 12.8 Å². The molecule has 1 aliphatic heterocycles. The van der Waals surface area contributed by atoms with E-state index in [1.165, 1.54) is 24.8 Å². The molecule has 2 atom stereocenters. The molecule has 11 heteroatoms. The third-order valence-corrected chi connectivity index (χ3v) is 6.36. The molecule has 0 spiro atoms. The van der Waals surface area contributed by atoms with Gasteiger partial charge in [-0.05, 0) is 43.2 Å². The Balaban J connectivity index is 1.38. The van der Waals surface area contributed by atoms with Crippen molar-refractivity contribution in [3.05, 3.63) is 77.0 Å². The number of hydrogen-bond donors (Lipinski definition) is 4. The van der Waals surface area contributed by atoms with E-state index < -0.39 is 0 Å². The number of halogens is 1. The lowest BCUT2D eigenvalue weighted by Crippen LogP contribution is -2.36. The number of carbonyl (C=O) groups excluding carboxylic acids is 2. The third-order valence-electron chi connectivity index (χ3n) is 6.04. The maximum atomic E-state index is 13.5. The largest absolute Gasteiger partial charge is 0.394 e. The molecule has 1 fully saturated rings. The average Bonchev–Trinajstić information content (AvgIpc) is 3.35. The Morgan fingerprint density at radius 2 is 1.97 bits per heavy atom. The van der Waals surface area contributed by atoms with Crippen molar-refractivity contribution in [1.82, 2.24) is 19.9 Å². The number of anilines is 2. The summed E-state index contributed by atoms with van der Waals surface area (Å²) in [5.41, 5.74) is 2.07. The molecular weight excluding hydrogens is 484 g/mol. The molecule has 4 aromatic rings.